The fourth-order valence-electron chi connectivity index (χ4n) is 1.76. The van der Waals surface area contributed by atoms with E-state index in [1.807, 2.05) is 0 Å². The molecule has 0 saturated carbocycles. The van der Waals surface area contributed by atoms with Crippen LogP contribution in [-0.4, -0.2) is 5.11 Å². The van der Waals surface area contributed by atoms with Gasteiger partial charge >= 0.3 is 0 Å². The molecule has 100 valence electrons. The molecule has 19 heavy (non-hydrogen) atoms. The van der Waals surface area contributed by atoms with Crippen molar-refractivity contribution in [3.05, 3.63) is 70.8 Å². The third-order valence-corrected chi connectivity index (χ3v) is 2.78. The number of benzene rings is 2. The van der Waals surface area contributed by atoms with Gasteiger partial charge in [0.05, 0.1) is 5.56 Å². The summed E-state index contributed by atoms with van der Waals surface area (Å²) >= 11 is 0. The topological polar surface area (TPSA) is 20.2 Å². The van der Waals surface area contributed by atoms with Crippen LogP contribution in [0.2, 0.25) is 0 Å². The Labute approximate surface area is 107 Å². The molecule has 2 rings (SSSR count). The zero-order chi connectivity index (χ0) is 14.0. The molecule has 2 aromatic carbocycles. The van der Waals surface area contributed by atoms with Gasteiger partial charge in [0.15, 0.2) is 0 Å². The van der Waals surface area contributed by atoms with Gasteiger partial charge in [0.25, 0.3) is 6.43 Å². The summed E-state index contributed by atoms with van der Waals surface area (Å²) in [6.07, 6.45) is -4.16. The lowest BCUT2D eigenvalue weighted by Crippen LogP contribution is -2.05. The minimum absolute atomic E-state index is 0.147. The summed E-state index contributed by atoms with van der Waals surface area (Å²) in [7, 11) is 0. The lowest BCUT2D eigenvalue weighted by atomic mass is 9.99. The fourth-order valence-corrected chi connectivity index (χ4v) is 1.76. The Kier molecular flexibility index (Phi) is 3.85. The maximum atomic E-state index is 13.5. The van der Waals surface area contributed by atoms with Crippen LogP contribution in [0, 0.1) is 11.6 Å². The quantitative estimate of drug-likeness (QED) is 0.836. The molecule has 0 saturated heterocycles. The van der Waals surface area contributed by atoms with Gasteiger partial charge in [0.2, 0.25) is 0 Å². The van der Waals surface area contributed by atoms with Crippen LogP contribution in [0.5, 0.6) is 0 Å². The predicted octanol–water partition coefficient (Wildman–Crippen LogP) is 3.98. The van der Waals surface area contributed by atoms with Crippen molar-refractivity contribution in [3.63, 3.8) is 0 Å². The van der Waals surface area contributed by atoms with Crippen LogP contribution in [0.1, 0.15) is 29.2 Å². The molecule has 0 aliphatic rings. The second-order valence-corrected chi connectivity index (χ2v) is 4.01. The van der Waals surface area contributed by atoms with Gasteiger partial charge in [-0.3, -0.25) is 0 Å². The molecule has 5 heteroatoms. The van der Waals surface area contributed by atoms with Crippen molar-refractivity contribution < 1.29 is 22.7 Å². The number of rotatable bonds is 3. The molecule has 0 bridgehead atoms. The SMILES string of the molecule is OC(c1ccc(C(F)F)cc1)c1c(F)cccc1F. The Bertz CT molecular complexity index is 546. The van der Waals surface area contributed by atoms with E-state index < -0.39 is 29.7 Å². The molecule has 0 fully saturated rings. The lowest BCUT2D eigenvalue weighted by Gasteiger charge is -2.13. The van der Waals surface area contributed by atoms with E-state index in [0.717, 1.165) is 24.3 Å². The average Bonchev–Trinajstić information content (AvgIpc) is 2.38. The van der Waals surface area contributed by atoms with Crippen molar-refractivity contribution in [2.24, 2.45) is 0 Å². The molecule has 0 aliphatic heterocycles. The highest BCUT2D eigenvalue weighted by molar-refractivity contribution is 5.33. The first-order chi connectivity index (χ1) is 9.00. The van der Waals surface area contributed by atoms with Crippen molar-refractivity contribution in [2.45, 2.75) is 12.5 Å². The van der Waals surface area contributed by atoms with Crippen LogP contribution in [0.25, 0.3) is 0 Å². The van der Waals surface area contributed by atoms with Crippen molar-refractivity contribution in [3.8, 4) is 0 Å². The zero-order valence-electron chi connectivity index (χ0n) is 9.66. The van der Waals surface area contributed by atoms with Gasteiger partial charge in [0, 0.05) is 5.56 Å². The van der Waals surface area contributed by atoms with E-state index in [2.05, 4.69) is 0 Å². The van der Waals surface area contributed by atoms with Crippen molar-refractivity contribution in [1.29, 1.82) is 0 Å². The van der Waals surface area contributed by atoms with Gasteiger partial charge in [-0.2, -0.15) is 0 Å². The number of alkyl halides is 2. The first-order valence-electron chi connectivity index (χ1n) is 5.50. The van der Waals surface area contributed by atoms with Crippen LogP contribution in [0.4, 0.5) is 17.6 Å². The molecule has 0 aliphatic carbocycles. The van der Waals surface area contributed by atoms with Gasteiger partial charge in [-0.25, -0.2) is 17.6 Å². The van der Waals surface area contributed by atoms with E-state index in [1.165, 1.54) is 18.2 Å². The fraction of sp³-hybridized carbons (Fsp3) is 0.143. The van der Waals surface area contributed by atoms with E-state index in [0.29, 0.717) is 0 Å². The third kappa shape index (κ3) is 2.76. The van der Waals surface area contributed by atoms with Crippen LogP contribution < -0.4 is 0 Å². The second kappa shape index (κ2) is 5.40. The monoisotopic (exact) mass is 270 g/mol. The molecule has 2 aromatic rings. The van der Waals surface area contributed by atoms with Gasteiger partial charge in [-0.05, 0) is 17.7 Å². The van der Waals surface area contributed by atoms with E-state index in [1.54, 1.807) is 0 Å². The molecule has 1 nitrogen and oxygen atoms in total. The van der Waals surface area contributed by atoms with E-state index >= 15 is 0 Å². The molecule has 0 radical (unpaired) electrons. The summed E-state index contributed by atoms with van der Waals surface area (Å²) in [4.78, 5) is 0. The molecule has 1 N–H and O–H groups in total. The standard InChI is InChI=1S/C14H10F4O/c15-10-2-1-3-11(16)12(10)13(19)8-4-6-9(7-5-8)14(17)18/h1-7,13-14,19H. The number of hydrogen-bond acceptors (Lipinski definition) is 1. The highest BCUT2D eigenvalue weighted by Crippen LogP contribution is 2.28. The highest BCUT2D eigenvalue weighted by Gasteiger charge is 2.19. The summed E-state index contributed by atoms with van der Waals surface area (Å²) < 4.78 is 51.7. The van der Waals surface area contributed by atoms with Crippen molar-refractivity contribution in [2.75, 3.05) is 0 Å². The Hall–Kier alpha value is -1.88. The van der Waals surface area contributed by atoms with Gasteiger partial charge in [0.1, 0.15) is 17.7 Å². The van der Waals surface area contributed by atoms with Gasteiger partial charge in [-0.1, -0.05) is 30.3 Å². The maximum Gasteiger partial charge on any atom is 0.263 e. The molecule has 0 aromatic heterocycles. The average molecular weight is 270 g/mol. The van der Waals surface area contributed by atoms with Crippen molar-refractivity contribution in [1.82, 2.24) is 0 Å². The number of aliphatic hydroxyl groups excluding tert-OH is 1. The van der Waals surface area contributed by atoms with E-state index in [-0.39, 0.29) is 11.1 Å². The summed E-state index contributed by atoms with van der Waals surface area (Å²) in [5.41, 5.74) is -0.564. The smallest absolute Gasteiger partial charge is 0.263 e. The van der Waals surface area contributed by atoms with Crippen LogP contribution >= 0.6 is 0 Å². The Morgan fingerprint density at radius 3 is 1.74 bits per heavy atom. The molecule has 1 unspecified atom stereocenters. The first kappa shape index (κ1) is 13.5. The van der Waals surface area contributed by atoms with Crippen LogP contribution in [0.3, 0.4) is 0 Å². The summed E-state index contributed by atoms with van der Waals surface area (Å²) in [5, 5.41) is 9.92. The lowest BCUT2D eigenvalue weighted by molar-refractivity contribution is 0.151. The molecule has 0 spiro atoms. The molecular weight excluding hydrogens is 260 g/mol. The molecule has 0 amide bonds. The predicted molar refractivity (Wildman–Crippen MR) is 61.8 cm³/mol. The zero-order valence-corrected chi connectivity index (χ0v) is 9.66. The largest absolute Gasteiger partial charge is 0.383 e. The minimum Gasteiger partial charge on any atom is -0.383 e. The third-order valence-electron chi connectivity index (χ3n) is 2.78. The van der Waals surface area contributed by atoms with E-state index in [9.17, 15) is 22.7 Å². The highest BCUT2D eigenvalue weighted by atomic mass is 19.3. The number of hydrogen-bond donors (Lipinski definition) is 1. The molecule has 0 heterocycles. The Morgan fingerprint density at radius 1 is 0.789 bits per heavy atom. The normalized spacial score (nSPS) is 12.7. The number of aliphatic hydroxyl groups is 1. The first-order valence-corrected chi connectivity index (χ1v) is 5.50. The van der Waals surface area contributed by atoms with Gasteiger partial charge in [-0.15, -0.1) is 0 Å². The number of halogens is 4. The summed E-state index contributed by atoms with van der Waals surface area (Å²) in [6.45, 7) is 0. The Balaban J connectivity index is 2.36. The molecule has 1 atom stereocenters. The maximum absolute atomic E-state index is 13.5. The van der Waals surface area contributed by atoms with Crippen LogP contribution in [0.15, 0.2) is 42.5 Å². The second-order valence-electron chi connectivity index (χ2n) is 4.01. The summed E-state index contributed by atoms with van der Waals surface area (Å²) in [6, 6.07) is 7.89. The molecular formula is C14H10F4O. The van der Waals surface area contributed by atoms with Crippen LogP contribution in [-0.2, 0) is 0 Å². The Morgan fingerprint density at radius 2 is 1.26 bits per heavy atom. The minimum atomic E-state index is -2.63. The van der Waals surface area contributed by atoms with Gasteiger partial charge < -0.3 is 5.11 Å². The summed E-state index contributed by atoms with van der Waals surface area (Å²) in [5.74, 6) is -1.77. The van der Waals surface area contributed by atoms with E-state index in [4.69, 9.17) is 0 Å². The van der Waals surface area contributed by atoms with Crippen molar-refractivity contribution >= 4 is 0 Å².